The largest absolute Gasteiger partial charge is 0.481 e. The molecule has 1 unspecified atom stereocenters. The minimum atomic E-state index is -0.00962. The van der Waals surface area contributed by atoms with Gasteiger partial charge in [0.1, 0.15) is 12.1 Å². The van der Waals surface area contributed by atoms with Crippen molar-refractivity contribution in [1.82, 2.24) is 9.97 Å². The number of hydrogen-bond acceptors (Lipinski definition) is 5. The maximum absolute atomic E-state index is 9.15. The maximum atomic E-state index is 9.15. The number of nitrogens with zero attached hydrogens (tertiary/aromatic N) is 2. The first-order chi connectivity index (χ1) is 7.17. The summed E-state index contributed by atoms with van der Waals surface area (Å²) >= 11 is 0. The van der Waals surface area contributed by atoms with Crippen molar-refractivity contribution in [3.63, 3.8) is 0 Å². The van der Waals surface area contributed by atoms with Crippen LogP contribution in [0.2, 0.25) is 0 Å². The average molecular weight is 211 g/mol. The summed E-state index contributed by atoms with van der Waals surface area (Å²) in [5.74, 6) is 1.50. The second-order valence-electron chi connectivity index (χ2n) is 3.62. The molecule has 1 heterocycles. The van der Waals surface area contributed by atoms with Crippen molar-refractivity contribution in [1.29, 1.82) is 0 Å². The number of aromatic nitrogens is 2. The Kier molecular flexibility index (Phi) is 4.30. The maximum Gasteiger partial charge on any atom is 0.218 e. The van der Waals surface area contributed by atoms with E-state index in [0.29, 0.717) is 17.6 Å². The molecule has 0 bridgehead atoms. The van der Waals surface area contributed by atoms with Gasteiger partial charge in [0.05, 0.1) is 19.8 Å². The first-order valence-electron chi connectivity index (χ1n) is 4.90. The van der Waals surface area contributed by atoms with Crippen molar-refractivity contribution < 1.29 is 9.84 Å². The zero-order valence-electron chi connectivity index (χ0n) is 9.27. The molecule has 1 aromatic heterocycles. The van der Waals surface area contributed by atoms with Gasteiger partial charge in [0, 0.05) is 6.07 Å². The topological polar surface area (TPSA) is 67.3 Å². The molecule has 0 spiro atoms. The number of nitrogens with one attached hydrogen (secondary N) is 1. The highest BCUT2D eigenvalue weighted by molar-refractivity contribution is 5.38. The van der Waals surface area contributed by atoms with Crippen molar-refractivity contribution in [2.75, 3.05) is 19.0 Å². The third-order valence-electron chi connectivity index (χ3n) is 2.19. The summed E-state index contributed by atoms with van der Waals surface area (Å²) < 4.78 is 4.98. The van der Waals surface area contributed by atoms with Gasteiger partial charge in [0.2, 0.25) is 5.88 Å². The predicted molar refractivity (Wildman–Crippen MR) is 57.9 cm³/mol. The van der Waals surface area contributed by atoms with Crippen LogP contribution in [0, 0.1) is 5.92 Å². The number of methoxy groups -OCH3 is 1. The summed E-state index contributed by atoms with van der Waals surface area (Å²) in [4.78, 5) is 7.94. The zero-order chi connectivity index (χ0) is 11.3. The Morgan fingerprint density at radius 1 is 1.47 bits per heavy atom. The second kappa shape index (κ2) is 5.50. The van der Waals surface area contributed by atoms with Gasteiger partial charge in [0.25, 0.3) is 0 Å². The minimum absolute atomic E-state index is 0.00962. The molecular formula is C10H17N3O2. The molecule has 1 atom stereocenters. The number of hydrogen-bond donors (Lipinski definition) is 2. The summed E-state index contributed by atoms with van der Waals surface area (Å²) in [5.41, 5.74) is 0. The fourth-order valence-electron chi connectivity index (χ4n) is 1.14. The molecule has 0 aromatic carbocycles. The zero-order valence-corrected chi connectivity index (χ0v) is 9.27. The Morgan fingerprint density at radius 2 is 2.20 bits per heavy atom. The van der Waals surface area contributed by atoms with Gasteiger partial charge in [-0.15, -0.1) is 0 Å². The lowest BCUT2D eigenvalue weighted by Crippen LogP contribution is -2.29. The smallest absolute Gasteiger partial charge is 0.218 e. The van der Waals surface area contributed by atoms with Crippen molar-refractivity contribution >= 4 is 5.82 Å². The van der Waals surface area contributed by atoms with Gasteiger partial charge in [-0.3, -0.25) is 0 Å². The van der Waals surface area contributed by atoms with Gasteiger partial charge >= 0.3 is 0 Å². The summed E-state index contributed by atoms with van der Waals surface area (Å²) in [6.07, 6.45) is 1.43. The molecule has 0 saturated carbocycles. The van der Waals surface area contributed by atoms with Gasteiger partial charge in [-0.1, -0.05) is 13.8 Å². The SMILES string of the molecule is COc1cc(NC(CO)C(C)C)ncn1. The molecule has 0 saturated heterocycles. The van der Waals surface area contributed by atoms with Crippen LogP contribution in [-0.4, -0.2) is 34.8 Å². The molecule has 2 N–H and O–H groups in total. The molecule has 5 heteroatoms. The summed E-state index contributed by atoms with van der Waals surface area (Å²) in [6.45, 7) is 4.14. The highest BCUT2D eigenvalue weighted by atomic mass is 16.5. The van der Waals surface area contributed by atoms with E-state index in [4.69, 9.17) is 9.84 Å². The van der Waals surface area contributed by atoms with E-state index >= 15 is 0 Å². The summed E-state index contributed by atoms with van der Waals surface area (Å²) in [7, 11) is 1.55. The van der Waals surface area contributed by atoms with E-state index < -0.39 is 0 Å². The van der Waals surface area contributed by atoms with E-state index in [1.165, 1.54) is 6.33 Å². The van der Waals surface area contributed by atoms with Gasteiger partial charge in [-0.05, 0) is 5.92 Å². The molecule has 5 nitrogen and oxygen atoms in total. The fraction of sp³-hybridized carbons (Fsp3) is 0.600. The first-order valence-corrected chi connectivity index (χ1v) is 4.90. The number of ether oxygens (including phenoxy) is 1. The lowest BCUT2D eigenvalue weighted by molar-refractivity contribution is 0.249. The normalized spacial score (nSPS) is 12.6. The molecule has 1 rings (SSSR count). The van der Waals surface area contributed by atoms with E-state index in [0.717, 1.165) is 0 Å². The van der Waals surface area contributed by atoms with Crippen LogP contribution >= 0.6 is 0 Å². The van der Waals surface area contributed by atoms with E-state index in [1.54, 1.807) is 13.2 Å². The number of aliphatic hydroxyl groups is 1. The molecule has 1 aromatic rings. The molecular weight excluding hydrogens is 194 g/mol. The number of anilines is 1. The Morgan fingerprint density at radius 3 is 2.73 bits per heavy atom. The van der Waals surface area contributed by atoms with E-state index in [1.807, 2.05) is 13.8 Å². The first kappa shape index (κ1) is 11.7. The van der Waals surface area contributed by atoms with Crippen molar-refractivity contribution in [3.8, 4) is 5.88 Å². The lowest BCUT2D eigenvalue weighted by atomic mass is 10.1. The Labute approximate surface area is 89.5 Å². The molecule has 84 valence electrons. The van der Waals surface area contributed by atoms with Crippen LogP contribution in [0.5, 0.6) is 5.88 Å². The molecule has 0 radical (unpaired) electrons. The van der Waals surface area contributed by atoms with Crippen molar-refractivity contribution in [2.24, 2.45) is 5.92 Å². The minimum Gasteiger partial charge on any atom is -0.481 e. The standard InChI is InChI=1S/C10H17N3O2/c1-7(2)8(5-14)13-9-4-10(15-3)12-6-11-9/h4,6-8,14H,5H2,1-3H3,(H,11,12,13). The van der Waals surface area contributed by atoms with Gasteiger partial charge < -0.3 is 15.2 Å². The molecule has 0 fully saturated rings. The number of rotatable bonds is 5. The van der Waals surface area contributed by atoms with Crippen LogP contribution in [-0.2, 0) is 0 Å². The Balaban J connectivity index is 2.70. The highest BCUT2D eigenvalue weighted by Crippen LogP contribution is 2.13. The predicted octanol–water partition coefficient (Wildman–Crippen LogP) is 0.914. The van der Waals surface area contributed by atoms with E-state index in [9.17, 15) is 0 Å². The van der Waals surface area contributed by atoms with Crippen molar-refractivity contribution in [2.45, 2.75) is 19.9 Å². The average Bonchev–Trinajstić information content (AvgIpc) is 2.25. The Bertz CT molecular complexity index is 304. The molecule has 0 aliphatic carbocycles. The van der Waals surface area contributed by atoms with Crippen LogP contribution in [0.1, 0.15) is 13.8 Å². The van der Waals surface area contributed by atoms with E-state index in [-0.39, 0.29) is 12.6 Å². The third kappa shape index (κ3) is 3.36. The third-order valence-corrected chi connectivity index (χ3v) is 2.19. The summed E-state index contributed by atoms with van der Waals surface area (Å²) in [5, 5.41) is 12.3. The van der Waals surface area contributed by atoms with Crippen LogP contribution in [0.25, 0.3) is 0 Å². The Hall–Kier alpha value is -1.36. The lowest BCUT2D eigenvalue weighted by Gasteiger charge is -2.20. The van der Waals surface area contributed by atoms with Crippen LogP contribution < -0.4 is 10.1 Å². The highest BCUT2D eigenvalue weighted by Gasteiger charge is 2.12. The molecule has 0 aliphatic rings. The van der Waals surface area contributed by atoms with Crippen LogP contribution in [0.15, 0.2) is 12.4 Å². The monoisotopic (exact) mass is 211 g/mol. The second-order valence-corrected chi connectivity index (χ2v) is 3.62. The fourth-order valence-corrected chi connectivity index (χ4v) is 1.14. The van der Waals surface area contributed by atoms with Crippen molar-refractivity contribution in [3.05, 3.63) is 12.4 Å². The van der Waals surface area contributed by atoms with Gasteiger partial charge in [-0.25, -0.2) is 9.97 Å². The molecule has 0 aliphatic heterocycles. The quantitative estimate of drug-likeness (QED) is 0.758. The summed E-state index contributed by atoms with van der Waals surface area (Å²) in [6, 6.07) is 1.69. The van der Waals surface area contributed by atoms with Gasteiger partial charge in [-0.2, -0.15) is 0 Å². The van der Waals surface area contributed by atoms with E-state index in [2.05, 4.69) is 15.3 Å². The van der Waals surface area contributed by atoms with Gasteiger partial charge in [0.15, 0.2) is 0 Å². The molecule has 0 amide bonds. The molecule has 15 heavy (non-hydrogen) atoms. The van der Waals surface area contributed by atoms with Crippen LogP contribution in [0.3, 0.4) is 0 Å². The van der Waals surface area contributed by atoms with Crippen LogP contribution in [0.4, 0.5) is 5.82 Å². The number of aliphatic hydroxyl groups excluding tert-OH is 1.